The Balaban J connectivity index is 1.70. The molecular weight excluding hydrogens is 356 g/mol. The van der Waals surface area contributed by atoms with Crippen molar-refractivity contribution in [3.05, 3.63) is 47.5 Å². The maximum atomic E-state index is 14.0. The van der Waals surface area contributed by atoms with E-state index in [0.29, 0.717) is 0 Å². The third kappa shape index (κ3) is 4.29. The summed E-state index contributed by atoms with van der Waals surface area (Å²) in [4.78, 5) is 27.3. The van der Waals surface area contributed by atoms with Gasteiger partial charge in [-0.1, -0.05) is 23.4 Å². The Morgan fingerprint density at radius 3 is 2.74 bits per heavy atom. The summed E-state index contributed by atoms with van der Waals surface area (Å²) >= 11 is 0. The van der Waals surface area contributed by atoms with E-state index in [0.717, 1.165) is 0 Å². The summed E-state index contributed by atoms with van der Waals surface area (Å²) in [5.74, 6) is -1.08. The number of amides is 2. The molecule has 1 saturated heterocycles. The Kier molecular flexibility index (Phi) is 5.48. The molecule has 0 saturated carbocycles. The van der Waals surface area contributed by atoms with Crippen LogP contribution >= 0.6 is 0 Å². The zero-order valence-corrected chi connectivity index (χ0v) is 15.2. The van der Waals surface area contributed by atoms with E-state index in [9.17, 15) is 18.4 Å². The van der Waals surface area contributed by atoms with Gasteiger partial charge in [-0.25, -0.2) is 13.5 Å². The number of carbonyl (C=O) groups excluding carboxylic acids is 2. The van der Waals surface area contributed by atoms with Crippen LogP contribution in [0.5, 0.6) is 0 Å². The third-order valence-electron chi connectivity index (χ3n) is 4.55. The minimum Gasteiger partial charge on any atom is -0.343 e. The molecule has 0 N–H and O–H groups in total. The highest BCUT2D eigenvalue weighted by atomic mass is 19.1. The molecule has 144 valence electrons. The van der Waals surface area contributed by atoms with E-state index >= 15 is 0 Å². The summed E-state index contributed by atoms with van der Waals surface area (Å²) in [5.41, 5.74) is 0.460. The van der Waals surface area contributed by atoms with E-state index < -0.39 is 18.0 Å². The predicted octanol–water partition coefficient (Wildman–Crippen LogP) is 1.30. The first kappa shape index (κ1) is 18.9. The smallest absolute Gasteiger partial charge is 0.275 e. The van der Waals surface area contributed by atoms with Gasteiger partial charge in [0.15, 0.2) is 5.69 Å². The lowest BCUT2D eigenvalue weighted by atomic mass is 10.1. The Bertz CT molecular complexity index is 839. The molecule has 2 atom stereocenters. The predicted molar refractivity (Wildman–Crippen MR) is 93.2 cm³/mol. The van der Waals surface area contributed by atoms with Gasteiger partial charge in [-0.15, -0.1) is 5.10 Å². The lowest BCUT2D eigenvalue weighted by Crippen LogP contribution is -2.39. The van der Waals surface area contributed by atoms with Crippen LogP contribution in [0.4, 0.5) is 8.78 Å². The zero-order chi connectivity index (χ0) is 19.6. The topological polar surface area (TPSA) is 71.3 Å². The Morgan fingerprint density at radius 2 is 2.04 bits per heavy atom. The van der Waals surface area contributed by atoms with Crippen molar-refractivity contribution < 1.29 is 18.4 Å². The first-order chi connectivity index (χ1) is 12.8. The number of carbonyl (C=O) groups is 2. The molecule has 9 heteroatoms. The summed E-state index contributed by atoms with van der Waals surface area (Å²) in [6.45, 7) is 0.188. The third-order valence-corrected chi connectivity index (χ3v) is 4.55. The number of hydrogen-bond acceptors (Lipinski definition) is 4. The van der Waals surface area contributed by atoms with Gasteiger partial charge in [0.05, 0.1) is 31.7 Å². The first-order valence-corrected chi connectivity index (χ1v) is 8.64. The molecular formula is C18H21F2N5O2. The van der Waals surface area contributed by atoms with Gasteiger partial charge in [0.1, 0.15) is 12.0 Å². The molecule has 0 spiro atoms. The van der Waals surface area contributed by atoms with Gasteiger partial charge in [-0.2, -0.15) is 0 Å². The number of aromatic nitrogens is 3. The lowest BCUT2D eigenvalue weighted by Gasteiger charge is -2.24. The van der Waals surface area contributed by atoms with E-state index in [-0.39, 0.29) is 49.0 Å². The van der Waals surface area contributed by atoms with Gasteiger partial charge >= 0.3 is 0 Å². The van der Waals surface area contributed by atoms with Gasteiger partial charge in [-0.3, -0.25) is 9.59 Å². The highest BCUT2D eigenvalue weighted by Gasteiger charge is 2.36. The largest absolute Gasteiger partial charge is 0.343 e. The van der Waals surface area contributed by atoms with E-state index in [4.69, 9.17) is 0 Å². The normalized spacial score (nSPS) is 19.3. The SMILES string of the molecule is CN(C)C(=O)c1cn(C[C@@H]2C[C@H](F)CN2C(=O)Cc2ccccc2F)nn1. The molecule has 0 aliphatic carbocycles. The second-order valence-electron chi connectivity index (χ2n) is 6.83. The molecule has 1 fully saturated rings. The van der Waals surface area contributed by atoms with Crippen molar-refractivity contribution in [2.24, 2.45) is 0 Å². The monoisotopic (exact) mass is 377 g/mol. The van der Waals surface area contributed by atoms with Crippen LogP contribution in [0.2, 0.25) is 0 Å². The number of benzene rings is 1. The first-order valence-electron chi connectivity index (χ1n) is 8.64. The quantitative estimate of drug-likeness (QED) is 0.788. The number of rotatable bonds is 5. The van der Waals surface area contributed by atoms with Crippen LogP contribution in [0.3, 0.4) is 0 Å². The fraction of sp³-hybridized carbons (Fsp3) is 0.444. The lowest BCUT2D eigenvalue weighted by molar-refractivity contribution is -0.131. The molecule has 2 heterocycles. The van der Waals surface area contributed by atoms with E-state index in [2.05, 4.69) is 10.3 Å². The van der Waals surface area contributed by atoms with Gasteiger partial charge in [-0.05, 0) is 11.6 Å². The molecule has 3 rings (SSSR count). The molecule has 0 bridgehead atoms. The molecule has 2 aromatic rings. The van der Waals surface area contributed by atoms with E-state index in [1.807, 2.05) is 0 Å². The second kappa shape index (κ2) is 7.81. The number of alkyl halides is 1. The van der Waals surface area contributed by atoms with Crippen molar-refractivity contribution in [1.29, 1.82) is 0 Å². The maximum Gasteiger partial charge on any atom is 0.275 e. The maximum absolute atomic E-state index is 14.0. The number of hydrogen-bond donors (Lipinski definition) is 0. The highest BCUT2D eigenvalue weighted by Crippen LogP contribution is 2.23. The summed E-state index contributed by atoms with van der Waals surface area (Å²) in [6, 6.07) is 5.62. The van der Waals surface area contributed by atoms with Crippen LogP contribution in [-0.2, 0) is 17.8 Å². The second-order valence-corrected chi connectivity index (χ2v) is 6.83. The average molecular weight is 377 g/mol. The molecule has 1 aromatic heterocycles. The van der Waals surface area contributed by atoms with Crippen molar-refractivity contribution in [2.45, 2.75) is 31.6 Å². The van der Waals surface area contributed by atoms with Crippen molar-refractivity contribution in [2.75, 3.05) is 20.6 Å². The van der Waals surface area contributed by atoms with Crippen LogP contribution in [0, 0.1) is 5.82 Å². The van der Waals surface area contributed by atoms with Crippen molar-refractivity contribution in [3.8, 4) is 0 Å². The summed E-state index contributed by atoms with van der Waals surface area (Å²) in [5, 5.41) is 7.72. The van der Waals surface area contributed by atoms with Gasteiger partial charge in [0.2, 0.25) is 5.91 Å². The highest BCUT2D eigenvalue weighted by molar-refractivity contribution is 5.91. The van der Waals surface area contributed by atoms with Crippen LogP contribution in [0.25, 0.3) is 0 Å². The molecule has 1 aromatic carbocycles. The van der Waals surface area contributed by atoms with E-state index in [1.165, 1.54) is 26.7 Å². The number of halogens is 2. The van der Waals surface area contributed by atoms with Gasteiger partial charge in [0, 0.05) is 20.5 Å². The minimum atomic E-state index is -1.15. The summed E-state index contributed by atoms with van der Waals surface area (Å²) < 4.78 is 29.2. The minimum absolute atomic E-state index is 0.0316. The van der Waals surface area contributed by atoms with Crippen LogP contribution in [0.1, 0.15) is 22.5 Å². The van der Waals surface area contributed by atoms with Crippen LogP contribution in [-0.4, -0.2) is 69.5 Å². The molecule has 0 radical (unpaired) electrons. The van der Waals surface area contributed by atoms with Gasteiger partial charge < -0.3 is 9.80 Å². The van der Waals surface area contributed by atoms with Crippen molar-refractivity contribution in [3.63, 3.8) is 0 Å². The van der Waals surface area contributed by atoms with Gasteiger partial charge in [0.25, 0.3) is 5.91 Å². The fourth-order valence-electron chi connectivity index (χ4n) is 3.17. The number of nitrogens with zero attached hydrogens (tertiary/aromatic N) is 5. The molecule has 1 aliphatic rings. The Morgan fingerprint density at radius 1 is 1.30 bits per heavy atom. The molecule has 7 nitrogen and oxygen atoms in total. The standard InChI is InChI=1S/C18H21F2N5O2/c1-23(2)18(27)16-11-24(22-21-16)10-14-8-13(19)9-25(14)17(26)7-12-5-3-4-6-15(12)20/h3-6,11,13-14H,7-10H2,1-2H3/t13-,14-/m0/s1. The molecule has 2 amide bonds. The van der Waals surface area contributed by atoms with Crippen LogP contribution < -0.4 is 0 Å². The zero-order valence-electron chi connectivity index (χ0n) is 15.2. The van der Waals surface area contributed by atoms with Crippen molar-refractivity contribution in [1.82, 2.24) is 24.8 Å². The molecule has 1 aliphatic heterocycles. The van der Waals surface area contributed by atoms with Crippen molar-refractivity contribution >= 4 is 11.8 Å². The molecule has 27 heavy (non-hydrogen) atoms. The summed E-state index contributed by atoms with van der Waals surface area (Å²) in [6.07, 6.45) is 0.371. The summed E-state index contributed by atoms with van der Waals surface area (Å²) in [7, 11) is 3.21. The Labute approximate surface area is 155 Å². The van der Waals surface area contributed by atoms with E-state index in [1.54, 1.807) is 32.3 Å². The number of likely N-dealkylation sites (tertiary alicyclic amines) is 1. The Hall–Kier alpha value is -2.84. The van der Waals surface area contributed by atoms with Crippen LogP contribution in [0.15, 0.2) is 30.5 Å². The molecule has 0 unspecified atom stereocenters. The fourth-order valence-corrected chi connectivity index (χ4v) is 3.17. The average Bonchev–Trinajstić information content (AvgIpc) is 3.23.